The molecular weight excluding hydrogens is 481 g/mol. The molecule has 3 aromatic carbocycles. The molecule has 2 heterocycles. The van der Waals surface area contributed by atoms with Crippen molar-refractivity contribution in [3.63, 3.8) is 0 Å². The van der Waals surface area contributed by atoms with E-state index in [0.29, 0.717) is 34.4 Å². The van der Waals surface area contributed by atoms with E-state index >= 15 is 0 Å². The summed E-state index contributed by atoms with van der Waals surface area (Å²) in [5, 5.41) is 11.4. The van der Waals surface area contributed by atoms with Crippen molar-refractivity contribution in [2.45, 2.75) is 6.42 Å². The van der Waals surface area contributed by atoms with E-state index in [9.17, 15) is 14.3 Å². The second-order valence-electron chi connectivity index (χ2n) is 9.77. The van der Waals surface area contributed by atoms with Crippen LogP contribution in [-0.4, -0.2) is 78.3 Å². The smallest absolute Gasteiger partial charge is 0.240 e. The summed E-state index contributed by atoms with van der Waals surface area (Å²) in [7, 11) is 3.91. The van der Waals surface area contributed by atoms with Crippen LogP contribution < -0.4 is 4.90 Å². The lowest BCUT2D eigenvalue weighted by Crippen LogP contribution is -2.40. The Kier molecular flexibility index (Phi) is 7.53. The molecule has 0 unspecified atom stereocenters. The second kappa shape index (κ2) is 11.2. The van der Waals surface area contributed by atoms with Gasteiger partial charge >= 0.3 is 0 Å². The molecule has 5 rings (SSSR count). The summed E-state index contributed by atoms with van der Waals surface area (Å²) >= 11 is 0. The Morgan fingerprint density at radius 1 is 1.03 bits per heavy atom. The van der Waals surface area contributed by atoms with Gasteiger partial charge < -0.3 is 19.9 Å². The number of carbonyl (C=O) groups is 1. The Balaban J connectivity index is 1.41. The molecular formula is C30H32FN5O2. The number of aromatic nitrogens is 1. The van der Waals surface area contributed by atoms with E-state index in [2.05, 4.69) is 21.8 Å². The first kappa shape index (κ1) is 25.6. The van der Waals surface area contributed by atoms with Crippen LogP contribution >= 0.6 is 0 Å². The summed E-state index contributed by atoms with van der Waals surface area (Å²) < 4.78 is 13.8. The van der Waals surface area contributed by atoms with Gasteiger partial charge in [0.15, 0.2) is 5.88 Å². The maximum absolute atomic E-state index is 13.8. The summed E-state index contributed by atoms with van der Waals surface area (Å²) in [6.07, 6.45) is 1.06. The van der Waals surface area contributed by atoms with E-state index in [1.54, 1.807) is 18.0 Å². The van der Waals surface area contributed by atoms with Crippen LogP contribution in [0.1, 0.15) is 17.5 Å². The zero-order valence-corrected chi connectivity index (χ0v) is 21.7. The number of fused-ring (bicyclic) bond motifs is 1. The average Bonchev–Trinajstić information content (AvgIpc) is 3.10. The van der Waals surface area contributed by atoms with Crippen molar-refractivity contribution in [3.8, 4) is 5.88 Å². The highest BCUT2D eigenvalue weighted by Gasteiger charge is 2.20. The zero-order chi connectivity index (χ0) is 26.6. The number of amides is 1. The first-order valence-corrected chi connectivity index (χ1v) is 12.8. The van der Waals surface area contributed by atoms with Crippen LogP contribution in [0.3, 0.4) is 0 Å². The molecule has 2 N–H and O–H groups in total. The van der Waals surface area contributed by atoms with Gasteiger partial charge in [0.2, 0.25) is 5.91 Å². The highest BCUT2D eigenvalue weighted by Crippen LogP contribution is 2.32. The van der Waals surface area contributed by atoms with Crippen LogP contribution in [-0.2, 0) is 4.79 Å². The van der Waals surface area contributed by atoms with Gasteiger partial charge in [-0.05, 0) is 69.0 Å². The summed E-state index contributed by atoms with van der Waals surface area (Å²) in [6, 6.07) is 21.4. The van der Waals surface area contributed by atoms with Crippen LogP contribution in [0.15, 0.2) is 77.8 Å². The van der Waals surface area contributed by atoms with Crippen molar-refractivity contribution in [2.24, 2.45) is 4.99 Å². The normalized spacial score (nSPS) is 15.5. The molecule has 1 amide bonds. The number of H-pyrrole nitrogens is 1. The number of likely N-dealkylation sites (N-methyl/N-ethyl adjacent to an activating group) is 2. The molecule has 0 spiro atoms. The van der Waals surface area contributed by atoms with Crippen molar-refractivity contribution in [1.29, 1.82) is 0 Å². The molecule has 38 heavy (non-hydrogen) atoms. The maximum atomic E-state index is 13.8. The summed E-state index contributed by atoms with van der Waals surface area (Å²) in [5.41, 5.74) is 3.82. The highest BCUT2D eigenvalue weighted by atomic mass is 19.1. The van der Waals surface area contributed by atoms with Gasteiger partial charge in [0.1, 0.15) is 5.82 Å². The standard InChI is InChI=1S/C30H32FN5O2/c1-34-15-6-16-36(18-17-34)20-27(37)35(2)24-12-10-23(11-13-24)32-29(21-7-4-3-5-8-21)28-25-14-9-22(31)19-26(25)33-30(28)38/h3-5,7-14,19,33,38H,6,15-18,20H2,1-2H3. The predicted octanol–water partition coefficient (Wildman–Crippen LogP) is 4.78. The number of aromatic hydroxyl groups is 1. The number of carbonyl (C=O) groups excluding carboxylic acids is 1. The third-order valence-corrected chi connectivity index (χ3v) is 7.05. The molecule has 8 heteroatoms. The molecule has 1 aliphatic rings. The molecule has 4 aromatic rings. The van der Waals surface area contributed by atoms with E-state index in [1.807, 2.05) is 54.6 Å². The minimum Gasteiger partial charge on any atom is -0.494 e. The molecule has 1 aliphatic heterocycles. The van der Waals surface area contributed by atoms with E-state index < -0.39 is 0 Å². The Labute approximate surface area is 221 Å². The SMILES string of the molecule is CN1CCCN(CC(=O)N(C)c2ccc(N=C(c3ccccc3)c3c(O)[nH]c4cc(F)ccc34)cc2)CC1. The number of halogens is 1. The third kappa shape index (κ3) is 5.61. The van der Waals surface area contributed by atoms with Gasteiger partial charge in [-0.15, -0.1) is 0 Å². The maximum Gasteiger partial charge on any atom is 0.240 e. The van der Waals surface area contributed by atoms with Crippen LogP contribution in [0.2, 0.25) is 0 Å². The molecule has 0 bridgehead atoms. The first-order chi connectivity index (χ1) is 18.4. The molecule has 1 fully saturated rings. The topological polar surface area (TPSA) is 75.2 Å². The molecule has 7 nitrogen and oxygen atoms in total. The first-order valence-electron chi connectivity index (χ1n) is 12.8. The number of anilines is 1. The Bertz CT molecular complexity index is 1450. The lowest BCUT2D eigenvalue weighted by Gasteiger charge is -2.24. The molecule has 0 saturated carbocycles. The molecule has 1 aromatic heterocycles. The molecule has 0 aliphatic carbocycles. The summed E-state index contributed by atoms with van der Waals surface area (Å²) in [6.45, 7) is 4.23. The number of rotatable bonds is 6. The Hall–Kier alpha value is -4.01. The largest absolute Gasteiger partial charge is 0.494 e. The van der Waals surface area contributed by atoms with Crippen molar-refractivity contribution in [1.82, 2.24) is 14.8 Å². The van der Waals surface area contributed by atoms with E-state index in [-0.39, 0.29) is 17.6 Å². The Morgan fingerprint density at radius 2 is 1.79 bits per heavy atom. The number of aromatic amines is 1. The number of nitrogens with zero attached hydrogens (tertiary/aromatic N) is 4. The van der Waals surface area contributed by atoms with Crippen molar-refractivity contribution in [2.75, 3.05) is 51.7 Å². The summed E-state index contributed by atoms with van der Waals surface area (Å²) in [5.74, 6) is -0.414. The number of benzene rings is 3. The van der Waals surface area contributed by atoms with Crippen molar-refractivity contribution < 1.29 is 14.3 Å². The fourth-order valence-electron chi connectivity index (χ4n) is 4.84. The monoisotopic (exact) mass is 513 g/mol. The fourth-order valence-corrected chi connectivity index (χ4v) is 4.84. The minimum atomic E-state index is -0.388. The fraction of sp³-hybridized carbons (Fsp3) is 0.267. The van der Waals surface area contributed by atoms with E-state index in [0.717, 1.165) is 43.9 Å². The molecule has 0 radical (unpaired) electrons. The number of hydrogen-bond acceptors (Lipinski definition) is 5. The van der Waals surface area contributed by atoms with Gasteiger partial charge in [-0.1, -0.05) is 30.3 Å². The average molecular weight is 514 g/mol. The van der Waals surface area contributed by atoms with Gasteiger partial charge in [-0.2, -0.15) is 0 Å². The zero-order valence-electron chi connectivity index (χ0n) is 21.7. The number of nitrogens with one attached hydrogen (secondary N) is 1. The van der Waals surface area contributed by atoms with Gasteiger partial charge in [0, 0.05) is 36.8 Å². The second-order valence-corrected chi connectivity index (χ2v) is 9.77. The van der Waals surface area contributed by atoms with Crippen LogP contribution in [0.5, 0.6) is 5.88 Å². The quantitative estimate of drug-likeness (QED) is 0.364. The van der Waals surface area contributed by atoms with Gasteiger partial charge in [-0.3, -0.25) is 9.69 Å². The van der Waals surface area contributed by atoms with Crippen LogP contribution in [0, 0.1) is 5.82 Å². The predicted molar refractivity (Wildman–Crippen MR) is 150 cm³/mol. The summed E-state index contributed by atoms with van der Waals surface area (Å²) in [4.78, 5) is 26.9. The number of aliphatic imine (C=N–C) groups is 1. The molecule has 1 saturated heterocycles. The van der Waals surface area contributed by atoms with Gasteiger partial charge in [0.25, 0.3) is 0 Å². The minimum absolute atomic E-state index is 0.0479. The molecule has 0 atom stereocenters. The van der Waals surface area contributed by atoms with Crippen molar-refractivity contribution >= 4 is 33.9 Å². The van der Waals surface area contributed by atoms with Gasteiger partial charge in [-0.25, -0.2) is 9.38 Å². The third-order valence-electron chi connectivity index (χ3n) is 7.05. The van der Waals surface area contributed by atoms with Crippen molar-refractivity contribution in [3.05, 3.63) is 89.7 Å². The number of hydrogen-bond donors (Lipinski definition) is 2. The van der Waals surface area contributed by atoms with E-state index in [4.69, 9.17) is 4.99 Å². The molecule has 196 valence electrons. The Morgan fingerprint density at radius 3 is 2.55 bits per heavy atom. The van der Waals surface area contributed by atoms with Crippen LogP contribution in [0.25, 0.3) is 10.9 Å². The van der Waals surface area contributed by atoms with Gasteiger partial charge in [0.05, 0.1) is 29.0 Å². The lowest BCUT2D eigenvalue weighted by atomic mass is 10.0. The van der Waals surface area contributed by atoms with E-state index in [1.165, 1.54) is 12.1 Å². The lowest BCUT2D eigenvalue weighted by molar-refractivity contribution is -0.119. The highest BCUT2D eigenvalue weighted by molar-refractivity contribution is 6.21. The van der Waals surface area contributed by atoms with Crippen LogP contribution in [0.4, 0.5) is 15.8 Å².